The van der Waals surface area contributed by atoms with Crippen molar-refractivity contribution >= 4 is 59.1 Å². The van der Waals surface area contributed by atoms with Crippen molar-refractivity contribution in [2.75, 3.05) is 0 Å². The van der Waals surface area contributed by atoms with Crippen molar-refractivity contribution in [3.8, 4) is 11.1 Å². The van der Waals surface area contributed by atoms with Gasteiger partial charge in [-0.1, -0.05) is 112 Å². The molecule has 0 aliphatic carbocycles. The van der Waals surface area contributed by atoms with E-state index in [9.17, 15) is 0 Å². The summed E-state index contributed by atoms with van der Waals surface area (Å²) in [5, 5.41) is 8.25. The van der Waals surface area contributed by atoms with Crippen LogP contribution in [0.5, 0.6) is 0 Å². The van der Waals surface area contributed by atoms with Crippen LogP contribution >= 0.6 is 19.0 Å². The molecule has 1 heterocycles. The van der Waals surface area contributed by atoms with Crippen molar-refractivity contribution in [2.45, 2.75) is 18.9 Å². The zero-order valence-corrected chi connectivity index (χ0v) is 20.6. The smallest absolute Gasteiger partial charge is 0.163 e. The van der Waals surface area contributed by atoms with Crippen LogP contribution in [-0.4, -0.2) is 8.11 Å². The molecule has 1 radical (unpaired) electrons. The van der Waals surface area contributed by atoms with Crippen LogP contribution in [0, 0.1) is 0 Å². The summed E-state index contributed by atoms with van der Waals surface area (Å²) in [6.07, 6.45) is 2.20. The van der Waals surface area contributed by atoms with Crippen LogP contribution in [0.3, 0.4) is 0 Å². The van der Waals surface area contributed by atoms with E-state index < -0.39 is 8.11 Å². The van der Waals surface area contributed by atoms with Crippen molar-refractivity contribution in [1.29, 1.82) is 0 Å². The monoisotopic (exact) mass is 465 g/mol. The normalized spacial score (nSPS) is 13.8. The molecule has 1 aliphatic rings. The van der Waals surface area contributed by atoms with Crippen LogP contribution in [0.25, 0.3) is 32.7 Å². The lowest BCUT2D eigenvalue weighted by molar-refractivity contribution is 1.40. The number of benzene rings is 5. The Labute approximate surface area is 196 Å². The predicted octanol–water partition coefficient (Wildman–Crippen LogP) is 7.55. The molecule has 0 bridgehead atoms. The molecule has 5 aromatic carbocycles. The fourth-order valence-corrected chi connectivity index (χ4v) is 10.1. The second kappa shape index (κ2) is 8.16. The molecular formula is C29H23ClPSi. The summed E-state index contributed by atoms with van der Waals surface area (Å²) in [6, 6.07) is 36.0. The Hall–Kier alpha value is -2.44. The molecule has 1 aliphatic heterocycles. The van der Waals surface area contributed by atoms with Crippen LogP contribution in [0.2, 0.25) is 6.55 Å². The minimum atomic E-state index is -1.04. The summed E-state index contributed by atoms with van der Waals surface area (Å²) in [4.78, 5) is 0. The summed E-state index contributed by atoms with van der Waals surface area (Å²) in [7, 11) is -1.43. The average molecular weight is 466 g/mol. The van der Waals surface area contributed by atoms with Gasteiger partial charge in [0.05, 0.1) is 0 Å². The van der Waals surface area contributed by atoms with Gasteiger partial charge in [-0.2, -0.15) is 11.1 Å². The molecule has 6 rings (SSSR count). The number of rotatable bonds is 2. The first-order valence-electron chi connectivity index (χ1n) is 11.1. The highest BCUT2D eigenvalue weighted by Crippen LogP contribution is 2.52. The van der Waals surface area contributed by atoms with E-state index in [1.54, 1.807) is 0 Å². The number of hydrogen-bond donors (Lipinski definition) is 0. The minimum Gasteiger partial charge on any atom is -0.163 e. The molecule has 32 heavy (non-hydrogen) atoms. The van der Waals surface area contributed by atoms with Gasteiger partial charge in [0.25, 0.3) is 0 Å². The maximum Gasteiger partial charge on any atom is 0.197 e. The molecule has 0 amide bonds. The van der Waals surface area contributed by atoms with Gasteiger partial charge >= 0.3 is 0 Å². The van der Waals surface area contributed by atoms with E-state index in [4.69, 9.17) is 11.1 Å². The van der Waals surface area contributed by atoms with Crippen LogP contribution in [0.15, 0.2) is 97.1 Å². The van der Waals surface area contributed by atoms with Gasteiger partial charge < -0.3 is 0 Å². The van der Waals surface area contributed by atoms with E-state index in [1.165, 1.54) is 54.3 Å². The average Bonchev–Trinajstić information content (AvgIpc) is 3.01. The third kappa shape index (κ3) is 3.32. The lowest BCUT2D eigenvalue weighted by atomic mass is 9.88. The van der Waals surface area contributed by atoms with Gasteiger partial charge in [-0.05, 0) is 66.6 Å². The van der Waals surface area contributed by atoms with Crippen molar-refractivity contribution in [3.63, 3.8) is 0 Å². The van der Waals surface area contributed by atoms with Crippen molar-refractivity contribution in [3.05, 3.63) is 108 Å². The van der Waals surface area contributed by atoms with Crippen molar-refractivity contribution in [1.82, 2.24) is 0 Å². The fourth-order valence-electron chi connectivity index (χ4n) is 5.17. The standard InChI is InChI=1S/C29H23ClPSi/c1-32(30)27-13-7-6-12-26(27)31-18-22-16-14-20-8-2-4-10-24(20)28(22)29-23(19-31)17-15-21-9-3-5-11-25(21)29/h2-17H,18-19H2,1H3. The van der Waals surface area contributed by atoms with E-state index >= 15 is 0 Å². The second-order valence-corrected chi connectivity index (χ2v) is 14.0. The van der Waals surface area contributed by atoms with Gasteiger partial charge in [0.2, 0.25) is 0 Å². The summed E-state index contributed by atoms with van der Waals surface area (Å²) >= 11 is 6.74. The summed E-state index contributed by atoms with van der Waals surface area (Å²) in [5.41, 5.74) is 5.81. The molecule has 0 fully saturated rings. The highest BCUT2D eigenvalue weighted by molar-refractivity contribution is 7.65. The molecule has 0 N–H and O–H groups in total. The third-order valence-corrected chi connectivity index (χ3v) is 11.1. The zero-order valence-electron chi connectivity index (χ0n) is 18.0. The van der Waals surface area contributed by atoms with Crippen LogP contribution in [-0.2, 0) is 12.3 Å². The summed E-state index contributed by atoms with van der Waals surface area (Å²) in [6.45, 7) is 2.20. The molecule has 0 unspecified atom stereocenters. The molecule has 0 saturated heterocycles. The number of halogens is 1. The van der Waals surface area contributed by atoms with E-state index in [0.29, 0.717) is 0 Å². The highest BCUT2D eigenvalue weighted by atomic mass is 35.6. The molecule has 0 atom stereocenters. The third-order valence-electron chi connectivity index (χ3n) is 6.62. The maximum atomic E-state index is 6.74. The quantitative estimate of drug-likeness (QED) is 0.143. The second-order valence-electron chi connectivity index (χ2n) is 8.55. The Bertz CT molecular complexity index is 1390. The molecule has 0 spiro atoms. The summed E-state index contributed by atoms with van der Waals surface area (Å²) in [5.74, 6) is 0. The SMILES string of the molecule is C[Si](Cl)c1ccccc1P1Cc2ccc3ccccc3c2-c2c(ccc3ccccc23)C1. The Morgan fingerprint density at radius 3 is 1.69 bits per heavy atom. The maximum absolute atomic E-state index is 6.74. The Morgan fingerprint density at radius 2 is 1.12 bits per heavy atom. The fraction of sp³-hybridized carbons (Fsp3) is 0.103. The van der Waals surface area contributed by atoms with E-state index in [0.717, 1.165) is 12.3 Å². The molecule has 0 saturated carbocycles. The zero-order chi connectivity index (χ0) is 21.7. The van der Waals surface area contributed by atoms with Crippen molar-refractivity contribution < 1.29 is 0 Å². The Morgan fingerprint density at radius 1 is 0.625 bits per heavy atom. The lowest BCUT2D eigenvalue weighted by Gasteiger charge is -2.21. The molecule has 3 heteroatoms. The van der Waals surface area contributed by atoms with Crippen molar-refractivity contribution in [2.24, 2.45) is 0 Å². The van der Waals surface area contributed by atoms with E-state index in [-0.39, 0.29) is 7.92 Å². The molecule has 0 nitrogen and oxygen atoms in total. The van der Waals surface area contributed by atoms with Gasteiger partial charge in [0.15, 0.2) is 8.11 Å². The molecule has 155 valence electrons. The molecular weight excluding hydrogens is 443 g/mol. The topological polar surface area (TPSA) is 0 Å². The first-order chi connectivity index (χ1) is 15.7. The number of fused-ring (bicyclic) bond motifs is 7. The largest absolute Gasteiger partial charge is 0.197 e. The number of hydrogen-bond acceptors (Lipinski definition) is 0. The Kier molecular flexibility index (Phi) is 5.15. The van der Waals surface area contributed by atoms with E-state index in [2.05, 4.69) is 104 Å². The molecule has 5 aromatic rings. The first-order valence-corrected chi connectivity index (χ1v) is 15.8. The lowest BCUT2D eigenvalue weighted by Crippen LogP contribution is -2.34. The van der Waals surface area contributed by atoms with Gasteiger partial charge in [-0.3, -0.25) is 0 Å². The van der Waals surface area contributed by atoms with E-state index in [1.807, 2.05) is 0 Å². The summed E-state index contributed by atoms with van der Waals surface area (Å²) < 4.78 is 0. The van der Waals surface area contributed by atoms with Gasteiger partial charge in [-0.15, -0.1) is 0 Å². The molecule has 0 aromatic heterocycles. The Balaban J connectivity index is 1.68. The van der Waals surface area contributed by atoms with Gasteiger partial charge in [-0.25, -0.2) is 0 Å². The van der Waals surface area contributed by atoms with Crippen LogP contribution < -0.4 is 10.5 Å². The van der Waals surface area contributed by atoms with Gasteiger partial charge in [0.1, 0.15) is 0 Å². The van der Waals surface area contributed by atoms with Crippen LogP contribution in [0.1, 0.15) is 11.1 Å². The first kappa shape index (κ1) is 20.2. The van der Waals surface area contributed by atoms with Gasteiger partial charge in [0, 0.05) is 0 Å². The predicted molar refractivity (Wildman–Crippen MR) is 144 cm³/mol. The van der Waals surface area contributed by atoms with Crippen LogP contribution in [0.4, 0.5) is 0 Å². The minimum absolute atomic E-state index is 0.390. The highest BCUT2D eigenvalue weighted by Gasteiger charge is 2.27.